The van der Waals surface area contributed by atoms with E-state index in [0.717, 1.165) is 24.7 Å². The van der Waals surface area contributed by atoms with Gasteiger partial charge in [-0.1, -0.05) is 0 Å². The van der Waals surface area contributed by atoms with Gasteiger partial charge in [0.15, 0.2) is 0 Å². The van der Waals surface area contributed by atoms with E-state index in [0.29, 0.717) is 13.0 Å². The second kappa shape index (κ2) is 6.18. The summed E-state index contributed by atoms with van der Waals surface area (Å²) in [6.45, 7) is 2.71. The van der Waals surface area contributed by atoms with Crippen molar-refractivity contribution in [2.24, 2.45) is 0 Å². The molecule has 1 aliphatic heterocycles. The van der Waals surface area contributed by atoms with Crippen LogP contribution in [0.1, 0.15) is 19.3 Å². The molecule has 0 radical (unpaired) electrons. The van der Waals surface area contributed by atoms with E-state index in [9.17, 15) is 4.79 Å². The van der Waals surface area contributed by atoms with Crippen LogP contribution >= 0.6 is 0 Å². The van der Waals surface area contributed by atoms with Gasteiger partial charge in [-0.3, -0.25) is 4.79 Å². The molecule has 1 saturated heterocycles. The van der Waals surface area contributed by atoms with E-state index in [1.54, 1.807) is 13.4 Å². The minimum absolute atomic E-state index is 0.0244. The summed E-state index contributed by atoms with van der Waals surface area (Å²) in [5, 5.41) is 5.72. The maximum Gasteiger partial charge on any atom is 0.221 e. The Kier molecular flexibility index (Phi) is 4.33. The Hall–Kier alpha value is -1.85. The number of nitrogens with zero attached hydrogens (tertiary/aromatic N) is 3. The van der Waals surface area contributed by atoms with Crippen LogP contribution in [0.15, 0.2) is 12.4 Å². The largest absolute Gasteiger partial charge is 0.369 e. The van der Waals surface area contributed by atoms with Crippen LogP contribution in [0.2, 0.25) is 0 Å². The number of aromatic nitrogens is 2. The lowest BCUT2D eigenvalue weighted by Gasteiger charge is -2.16. The van der Waals surface area contributed by atoms with Crippen LogP contribution in [0.25, 0.3) is 0 Å². The van der Waals surface area contributed by atoms with Crippen molar-refractivity contribution in [1.82, 2.24) is 15.3 Å². The van der Waals surface area contributed by atoms with E-state index in [-0.39, 0.29) is 5.91 Å². The molecule has 2 heterocycles. The smallest absolute Gasteiger partial charge is 0.221 e. The first-order chi connectivity index (χ1) is 8.79. The molecule has 1 aromatic heterocycles. The Morgan fingerprint density at radius 2 is 2.17 bits per heavy atom. The minimum atomic E-state index is 0.0244. The van der Waals surface area contributed by atoms with Crippen LogP contribution in [0.4, 0.5) is 11.6 Å². The number of hydrogen-bond donors (Lipinski definition) is 2. The molecule has 1 aromatic rings. The van der Waals surface area contributed by atoms with E-state index >= 15 is 0 Å². The molecule has 0 unspecified atom stereocenters. The van der Waals surface area contributed by atoms with E-state index in [1.165, 1.54) is 12.8 Å². The first-order valence-corrected chi connectivity index (χ1v) is 6.31. The quantitative estimate of drug-likeness (QED) is 0.800. The van der Waals surface area contributed by atoms with Gasteiger partial charge in [-0.25, -0.2) is 9.97 Å². The summed E-state index contributed by atoms with van der Waals surface area (Å²) in [6.07, 6.45) is 4.46. The van der Waals surface area contributed by atoms with Gasteiger partial charge in [0.25, 0.3) is 0 Å². The molecule has 0 bridgehead atoms. The van der Waals surface area contributed by atoms with Gasteiger partial charge in [0.05, 0.1) is 0 Å². The number of hydrogen-bond acceptors (Lipinski definition) is 5. The summed E-state index contributed by atoms with van der Waals surface area (Å²) >= 11 is 0. The third kappa shape index (κ3) is 3.32. The molecule has 6 nitrogen and oxygen atoms in total. The molecule has 0 aromatic carbocycles. The maximum atomic E-state index is 11.1. The highest BCUT2D eigenvalue weighted by Gasteiger charge is 2.13. The number of nitrogens with one attached hydrogen (secondary N) is 2. The summed E-state index contributed by atoms with van der Waals surface area (Å²) in [5.41, 5.74) is 0. The first-order valence-electron chi connectivity index (χ1n) is 6.31. The first kappa shape index (κ1) is 12.6. The van der Waals surface area contributed by atoms with Crippen LogP contribution in [0, 0.1) is 0 Å². The van der Waals surface area contributed by atoms with Crippen molar-refractivity contribution in [3.8, 4) is 0 Å². The number of carbonyl (C=O) groups is 1. The Morgan fingerprint density at radius 3 is 2.89 bits per heavy atom. The van der Waals surface area contributed by atoms with Gasteiger partial charge in [0.2, 0.25) is 5.91 Å². The van der Waals surface area contributed by atoms with Gasteiger partial charge in [0, 0.05) is 39.2 Å². The third-order valence-electron chi connectivity index (χ3n) is 3.02. The molecule has 1 fully saturated rings. The van der Waals surface area contributed by atoms with Gasteiger partial charge in [-0.05, 0) is 12.8 Å². The van der Waals surface area contributed by atoms with E-state index in [4.69, 9.17) is 0 Å². The SMILES string of the molecule is CNC(=O)CCNc1cc(N2CCCC2)ncn1. The summed E-state index contributed by atoms with van der Waals surface area (Å²) < 4.78 is 0. The predicted molar refractivity (Wildman–Crippen MR) is 70.7 cm³/mol. The maximum absolute atomic E-state index is 11.1. The topological polar surface area (TPSA) is 70.2 Å². The number of amides is 1. The Balaban J connectivity index is 1.88. The second-order valence-electron chi connectivity index (χ2n) is 4.31. The molecule has 18 heavy (non-hydrogen) atoms. The molecule has 0 aliphatic carbocycles. The lowest BCUT2D eigenvalue weighted by molar-refractivity contribution is -0.120. The van der Waals surface area contributed by atoms with Crippen LogP contribution in [-0.2, 0) is 4.79 Å². The Labute approximate surface area is 107 Å². The molecule has 2 rings (SSSR count). The van der Waals surface area contributed by atoms with Crippen molar-refractivity contribution in [3.05, 3.63) is 12.4 Å². The summed E-state index contributed by atoms with van der Waals surface area (Å²) in [5.74, 6) is 1.76. The van der Waals surface area contributed by atoms with Gasteiger partial charge in [-0.2, -0.15) is 0 Å². The molecule has 0 atom stereocenters. The fourth-order valence-electron chi connectivity index (χ4n) is 1.99. The van der Waals surface area contributed by atoms with Gasteiger partial charge in [-0.15, -0.1) is 0 Å². The third-order valence-corrected chi connectivity index (χ3v) is 3.02. The molecule has 1 aliphatic rings. The molecule has 0 saturated carbocycles. The predicted octanol–water partition coefficient (Wildman–Crippen LogP) is 0.625. The molecular formula is C12H19N5O. The van der Waals surface area contributed by atoms with E-state index in [2.05, 4.69) is 25.5 Å². The van der Waals surface area contributed by atoms with Crippen molar-refractivity contribution in [2.75, 3.05) is 36.9 Å². The second-order valence-corrected chi connectivity index (χ2v) is 4.31. The van der Waals surface area contributed by atoms with Crippen LogP contribution in [0.5, 0.6) is 0 Å². The lowest BCUT2D eigenvalue weighted by Crippen LogP contribution is -2.21. The molecule has 2 N–H and O–H groups in total. The summed E-state index contributed by atoms with van der Waals surface area (Å²) in [6, 6.07) is 1.94. The van der Waals surface area contributed by atoms with E-state index in [1.807, 2.05) is 6.07 Å². The molecule has 6 heteroatoms. The highest BCUT2D eigenvalue weighted by Crippen LogP contribution is 2.19. The Morgan fingerprint density at radius 1 is 1.39 bits per heavy atom. The van der Waals surface area contributed by atoms with Crippen molar-refractivity contribution >= 4 is 17.5 Å². The highest BCUT2D eigenvalue weighted by molar-refractivity contribution is 5.76. The van der Waals surface area contributed by atoms with Gasteiger partial charge >= 0.3 is 0 Å². The molecular weight excluding hydrogens is 230 g/mol. The van der Waals surface area contributed by atoms with Crippen molar-refractivity contribution in [3.63, 3.8) is 0 Å². The summed E-state index contributed by atoms with van der Waals surface area (Å²) in [7, 11) is 1.64. The van der Waals surface area contributed by atoms with Crippen LogP contribution < -0.4 is 15.5 Å². The number of rotatable bonds is 5. The zero-order valence-electron chi connectivity index (χ0n) is 10.6. The average molecular weight is 249 g/mol. The van der Waals surface area contributed by atoms with Gasteiger partial charge < -0.3 is 15.5 Å². The standard InChI is InChI=1S/C12H19N5O/c1-13-12(18)4-5-14-10-8-11(16-9-15-10)17-6-2-3-7-17/h8-9H,2-7H2,1H3,(H,13,18)(H,14,15,16). The monoisotopic (exact) mass is 249 g/mol. The minimum Gasteiger partial charge on any atom is -0.369 e. The van der Waals surface area contributed by atoms with Crippen LogP contribution in [0.3, 0.4) is 0 Å². The van der Waals surface area contributed by atoms with Gasteiger partial charge in [0.1, 0.15) is 18.0 Å². The molecule has 98 valence electrons. The average Bonchev–Trinajstić information content (AvgIpc) is 2.93. The lowest BCUT2D eigenvalue weighted by atomic mass is 10.4. The van der Waals surface area contributed by atoms with E-state index < -0.39 is 0 Å². The van der Waals surface area contributed by atoms with Crippen molar-refractivity contribution in [1.29, 1.82) is 0 Å². The zero-order valence-corrected chi connectivity index (χ0v) is 10.6. The van der Waals surface area contributed by atoms with Crippen molar-refractivity contribution in [2.45, 2.75) is 19.3 Å². The molecule has 1 amide bonds. The number of anilines is 2. The normalized spacial score (nSPS) is 14.6. The molecule has 0 spiro atoms. The zero-order chi connectivity index (χ0) is 12.8. The Bertz CT molecular complexity index is 403. The fraction of sp³-hybridized carbons (Fsp3) is 0.583. The summed E-state index contributed by atoms with van der Waals surface area (Å²) in [4.78, 5) is 21.8. The van der Waals surface area contributed by atoms with Crippen molar-refractivity contribution < 1.29 is 4.79 Å². The fourth-order valence-corrected chi connectivity index (χ4v) is 1.99. The highest BCUT2D eigenvalue weighted by atomic mass is 16.1. The van der Waals surface area contributed by atoms with Crippen LogP contribution in [-0.4, -0.2) is 42.6 Å². The number of carbonyl (C=O) groups excluding carboxylic acids is 1.